The molecule has 3 amide bonds. The summed E-state index contributed by atoms with van der Waals surface area (Å²) in [5, 5.41) is 2.34. The molecule has 7 heteroatoms. The quantitative estimate of drug-likeness (QED) is 0.524. The van der Waals surface area contributed by atoms with Crippen LogP contribution in [0.1, 0.15) is 53.6 Å². The van der Waals surface area contributed by atoms with Crippen LogP contribution in [0.2, 0.25) is 0 Å². The van der Waals surface area contributed by atoms with Crippen LogP contribution in [-0.2, 0) is 22.7 Å². The zero-order chi connectivity index (χ0) is 19.4. The van der Waals surface area contributed by atoms with Crippen LogP contribution in [0.4, 0.5) is 0 Å². The van der Waals surface area contributed by atoms with Crippen LogP contribution in [-0.4, -0.2) is 53.7 Å². The summed E-state index contributed by atoms with van der Waals surface area (Å²) in [6.45, 7) is 2.80. The summed E-state index contributed by atoms with van der Waals surface area (Å²) in [5.74, 6) is -0.741. The molecule has 3 rings (SSSR count). The Labute approximate surface area is 159 Å². The molecule has 0 spiro atoms. The summed E-state index contributed by atoms with van der Waals surface area (Å²) < 4.78 is 0. The molecule has 3 N–H and O–H groups in total. The van der Waals surface area contributed by atoms with Gasteiger partial charge in [-0.2, -0.15) is 0 Å². The van der Waals surface area contributed by atoms with Crippen LogP contribution in [0.5, 0.6) is 0 Å². The second kappa shape index (κ2) is 8.63. The summed E-state index contributed by atoms with van der Waals surface area (Å²) in [4.78, 5) is 40.4. The van der Waals surface area contributed by atoms with Crippen LogP contribution < -0.4 is 11.1 Å². The number of hydrogen-bond donors (Lipinski definition) is 2. The maximum Gasteiger partial charge on any atom is 0.255 e. The van der Waals surface area contributed by atoms with E-state index in [2.05, 4.69) is 17.3 Å². The van der Waals surface area contributed by atoms with Gasteiger partial charge in [0, 0.05) is 25.1 Å². The Kier molecular flexibility index (Phi) is 6.23. The van der Waals surface area contributed by atoms with E-state index in [1.807, 2.05) is 18.2 Å². The fraction of sp³-hybridized carbons (Fsp3) is 0.550. The van der Waals surface area contributed by atoms with E-state index in [1.54, 1.807) is 4.90 Å². The number of benzene rings is 1. The number of unbranched alkanes of at least 4 members (excludes halogenated alkanes) is 2. The Morgan fingerprint density at radius 1 is 1.22 bits per heavy atom. The molecule has 2 aliphatic rings. The average Bonchev–Trinajstić information content (AvgIpc) is 2.96. The number of imide groups is 1. The maximum absolute atomic E-state index is 13.1. The number of amides is 3. The van der Waals surface area contributed by atoms with Crippen molar-refractivity contribution >= 4 is 17.7 Å². The molecule has 1 atom stereocenters. The highest BCUT2D eigenvalue weighted by molar-refractivity contribution is 6.05. The first kappa shape index (κ1) is 19.5. The van der Waals surface area contributed by atoms with Crippen molar-refractivity contribution < 1.29 is 14.4 Å². The Balaban J connectivity index is 1.69. The third-order valence-electron chi connectivity index (χ3n) is 5.32. The number of nitrogens with two attached hydrogens (primary N) is 1. The standard InChI is InChI=1S/C20H28N4O3/c1-23(11-4-2-3-10-21)12-14-6-5-7-15-13-24(20(27)18(14)15)16-8-9-17(25)22-19(16)26/h5-7,16H,2-4,8-13,21H2,1H3,(H,22,25,26). The van der Waals surface area contributed by atoms with Crippen LogP contribution in [0.25, 0.3) is 0 Å². The summed E-state index contributed by atoms with van der Waals surface area (Å²) in [6.07, 6.45) is 3.89. The Morgan fingerprint density at radius 2 is 2.04 bits per heavy atom. The van der Waals surface area contributed by atoms with Gasteiger partial charge in [-0.05, 0) is 50.5 Å². The molecule has 1 aromatic rings. The normalized spacial score (nSPS) is 19.6. The van der Waals surface area contributed by atoms with Gasteiger partial charge in [-0.3, -0.25) is 19.7 Å². The van der Waals surface area contributed by atoms with Gasteiger partial charge in [0.25, 0.3) is 5.91 Å². The number of fused-ring (bicyclic) bond motifs is 1. The van der Waals surface area contributed by atoms with Gasteiger partial charge in [-0.15, -0.1) is 0 Å². The number of rotatable bonds is 8. The lowest BCUT2D eigenvalue weighted by Crippen LogP contribution is -2.52. The highest BCUT2D eigenvalue weighted by Gasteiger charge is 2.39. The fourth-order valence-electron chi connectivity index (χ4n) is 3.89. The van der Waals surface area contributed by atoms with Crippen LogP contribution in [0.15, 0.2) is 18.2 Å². The lowest BCUT2D eigenvalue weighted by molar-refractivity contribution is -0.136. The summed E-state index contributed by atoms with van der Waals surface area (Å²) >= 11 is 0. The van der Waals surface area contributed by atoms with E-state index in [1.165, 1.54) is 0 Å². The zero-order valence-electron chi connectivity index (χ0n) is 15.9. The lowest BCUT2D eigenvalue weighted by atomic mass is 10.0. The largest absolute Gasteiger partial charge is 0.330 e. The Bertz CT molecular complexity index is 734. The molecule has 0 aromatic heterocycles. The first-order valence-electron chi connectivity index (χ1n) is 9.65. The number of nitrogens with zero attached hydrogens (tertiary/aromatic N) is 2. The van der Waals surface area contributed by atoms with Crippen molar-refractivity contribution in [2.24, 2.45) is 5.73 Å². The Hall–Kier alpha value is -2.25. The minimum absolute atomic E-state index is 0.105. The molecular formula is C20H28N4O3. The zero-order valence-corrected chi connectivity index (χ0v) is 15.9. The fourth-order valence-corrected chi connectivity index (χ4v) is 3.89. The van der Waals surface area contributed by atoms with E-state index in [0.717, 1.165) is 49.0 Å². The van der Waals surface area contributed by atoms with Gasteiger partial charge in [0.05, 0.1) is 0 Å². The van der Waals surface area contributed by atoms with Crippen molar-refractivity contribution in [2.75, 3.05) is 20.1 Å². The topological polar surface area (TPSA) is 95.7 Å². The third-order valence-corrected chi connectivity index (χ3v) is 5.32. The highest BCUT2D eigenvalue weighted by Crippen LogP contribution is 2.30. The van der Waals surface area contributed by atoms with Gasteiger partial charge in [-0.25, -0.2) is 0 Å². The minimum Gasteiger partial charge on any atom is -0.330 e. The molecule has 0 aliphatic carbocycles. The van der Waals surface area contributed by atoms with Crippen molar-refractivity contribution in [1.82, 2.24) is 15.1 Å². The maximum atomic E-state index is 13.1. The molecule has 0 saturated carbocycles. The summed E-state index contributed by atoms with van der Waals surface area (Å²) in [5.41, 5.74) is 8.20. The van der Waals surface area contributed by atoms with Crippen LogP contribution >= 0.6 is 0 Å². The molecule has 2 heterocycles. The minimum atomic E-state index is -0.565. The SMILES string of the molecule is CN(CCCCCN)Cc1cccc2c1C(=O)N(C1CCC(=O)NC1=O)C2. The van der Waals surface area contributed by atoms with E-state index in [-0.39, 0.29) is 24.1 Å². The molecule has 146 valence electrons. The van der Waals surface area contributed by atoms with Crippen molar-refractivity contribution in [2.45, 2.75) is 51.2 Å². The molecule has 7 nitrogen and oxygen atoms in total. The monoisotopic (exact) mass is 372 g/mol. The first-order chi connectivity index (χ1) is 13.0. The first-order valence-corrected chi connectivity index (χ1v) is 9.65. The van der Waals surface area contributed by atoms with Gasteiger partial charge in [0.1, 0.15) is 6.04 Å². The van der Waals surface area contributed by atoms with Gasteiger partial charge < -0.3 is 15.5 Å². The second-order valence-corrected chi connectivity index (χ2v) is 7.44. The predicted molar refractivity (Wildman–Crippen MR) is 102 cm³/mol. The molecular weight excluding hydrogens is 344 g/mol. The van der Waals surface area contributed by atoms with Crippen LogP contribution in [0, 0.1) is 0 Å². The van der Waals surface area contributed by atoms with E-state index >= 15 is 0 Å². The predicted octanol–water partition coefficient (Wildman–Crippen LogP) is 1.01. The molecule has 2 aliphatic heterocycles. The van der Waals surface area contributed by atoms with Gasteiger partial charge in [0.2, 0.25) is 11.8 Å². The van der Waals surface area contributed by atoms with E-state index in [4.69, 9.17) is 5.73 Å². The Morgan fingerprint density at radius 3 is 2.78 bits per heavy atom. The molecule has 0 bridgehead atoms. The van der Waals surface area contributed by atoms with Gasteiger partial charge in [-0.1, -0.05) is 24.6 Å². The van der Waals surface area contributed by atoms with Crippen molar-refractivity contribution in [3.05, 3.63) is 34.9 Å². The van der Waals surface area contributed by atoms with E-state index in [9.17, 15) is 14.4 Å². The summed E-state index contributed by atoms with van der Waals surface area (Å²) in [7, 11) is 2.05. The molecule has 1 aromatic carbocycles. The van der Waals surface area contributed by atoms with Crippen molar-refractivity contribution in [1.29, 1.82) is 0 Å². The van der Waals surface area contributed by atoms with Crippen LogP contribution in [0.3, 0.4) is 0 Å². The number of hydrogen-bond acceptors (Lipinski definition) is 5. The third kappa shape index (κ3) is 4.36. The molecule has 1 saturated heterocycles. The molecule has 0 radical (unpaired) electrons. The van der Waals surface area contributed by atoms with Gasteiger partial charge in [0.15, 0.2) is 0 Å². The number of carbonyl (C=O) groups excluding carboxylic acids is 3. The average molecular weight is 372 g/mol. The van der Waals surface area contributed by atoms with Gasteiger partial charge >= 0.3 is 0 Å². The molecule has 1 unspecified atom stereocenters. The van der Waals surface area contributed by atoms with E-state index < -0.39 is 6.04 Å². The number of carbonyl (C=O) groups is 3. The second-order valence-electron chi connectivity index (χ2n) is 7.44. The smallest absolute Gasteiger partial charge is 0.255 e. The highest BCUT2D eigenvalue weighted by atomic mass is 16.2. The molecule has 27 heavy (non-hydrogen) atoms. The van der Waals surface area contributed by atoms with E-state index in [0.29, 0.717) is 19.5 Å². The van der Waals surface area contributed by atoms with Crippen molar-refractivity contribution in [3.63, 3.8) is 0 Å². The van der Waals surface area contributed by atoms with Crippen molar-refractivity contribution in [3.8, 4) is 0 Å². The lowest BCUT2D eigenvalue weighted by Gasteiger charge is -2.29. The molecule has 1 fully saturated rings. The number of nitrogens with one attached hydrogen (secondary N) is 1. The summed E-state index contributed by atoms with van der Waals surface area (Å²) in [6, 6.07) is 5.34. The number of piperidine rings is 1.